The molecule has 0 saturated heterocycles. The summed E-state index contributed by atoms with van der Waals surface area (Å²) in [6, 6.07) is 13.0. The summed E-state index contributed by atoms with van der Waals surface area (Å²) < 4.78 is 26.0. The Hall–Kier alpha value is -2.32. The van der Waals surface area contributed by atoms with E-state index in [-0.39, 0.29) is 11.7 Å². The lowest BCUT2D eigenvalue weighted by atomic mass is 10.2. The van der Waals surface area contributed by atoms with Crippen LogP contribution in [-0.4, -0.2) is 21.9 Å². The van der Waals surface area contributed by atoms with Crippen LogP contribution in [0.1, 0.15) is 0 Å². The summed E-state index contributed by atoms with van der Waals surface area (Å²) in [5, 5.41) is 11.7. The van der Waals surface area contributed by atoms with E-state index >= 15 is 0 Å². The van der Waals surface area contributed by atoms with Crippen molar-refractivity contribution in [3.8, 4) is 10.6 Å². The third-order valence-electron chi connectivity index (χ3n) is 2.95. The number of hydrogen-bond donors (Lipinski definition) is 1. The van der Waals surface area contributed by atoms with Gasteiger partial charge < -0.3 is 0 Å². The molecule has 0 saturated carbocycles. The van der Waals surface area contributed by atoms with Crippen molar-refractivity contribution in [1.82, 2.24) is 10.2 Å². The molecule has 3 aromatic rings. The Labute approximate surface area is 144 Å². The minimum Gasteiger partial charge on any atom is -0.300 e. The van der Waals surface area contributed by atoms with Gasteiger partial charge in [0.2, 0.25) is 11.0 Å². The molecule has 0 bridgehead atoms. The Balaban J connectivity index is 1.57. The monoisotopic (exact) mass is 363 g/mol. The fourth-order valence-corrected chi connectivity index (χ4v) is 3.33. The molecular formula is C16H11F2N3OS2. The molecule has 0 radical (unpaired) electrons. The van der Waals surface area contributed by atoms with Crippen LogP contribution in [0.5, 0.6) is 0 Å². The molecule has 0 aliphatic carbocycles. The zero-order valence-corrected chi connectivity index (χ0v) is 13.8. The molecule has 8 heteroatoms. The highest BCUT2D eigenvalue weighted by Gasteiger charge is 2.10. The first-order valence-electron chi connectivity index (χ1n) is 6.88. The molecule has 1 N–H and O–H groups in total. The number of thioether (sulfide) groups is 1. The van der Waals surface area contributed by atoms with Crippen LogP contribution in [0, 0.1) is 11.6 Å². The van der Waals surface area contributed by atoms with Gasteiger partial charge >= 0.3 is 0 Å². The summed E-state index contributed by atoms with van der Waals surface area (Å²) in [7, 11) is 0. The van der Waals surface area contributed by atoms with Crippen LogP contribution < -0.4 is 5.32 Å². The van der Waals surface area contributed by atoms with Crippen LogP contribution in [0.2, 0.25) is 0 Å². The number of nitrogens with zero attached hydrogens (tertiary/aromatic N) is 2. The number of rotatable bonds is 5. The molecule has 24 heavy (non-hydrogen) atoms. The van der Waals surface area contributed by atoms with Crippen molar-refractivity contribution in [1.29, 1.82) is 0 Å². The standard InChI is InChI=1S/C16H11F2N3OS2/c17-12-7-6-11(8-13(12)18)23-9-14(22)19-16-21-20-15(24-16)10-4-2-1-3-5-10/h1-8H,9H2,(H,19,21,22). The van der Waals surface area contributed by atoms with Gasteiger partial charge in [-0.25, -0.2) is 8.78 Å². The van der Waals surface area contributed by atoms with Gasteiger partial charge in [-0.05, 0) is 18.2 Å². The first kappa shape index (κ1) is 16.5. The highest BCUT2D eigenvalue weighted by atomic mass is 32.2. The van der Waals surface area contributed by atoms with Gasteiger partial charge in [0.15, 0.2) is 11.6 Å². The van der Waals surface area contributed by atoms with Gasteiger partial charge in [0.25, 0.3) is 0 Å². The van der Waals surface area contributed by atoms with Gasteiger partial charge in [0.05, 0.1) is 5.75 Å². The number of benzene rings is 2. The summed E-state index contributed by atoms with van der Waals surface area (Å²) in [6.45, 7) is 0. The maximum atomic E-state index is 13.1. The number of anilines is 1. The molecule has 1 heterocycles. The van der Waals surface area contributed by atoms with E-state index in [2.05, 4.69) is 15.5 Å². The average molecular weight is 363 g/mol. The summed E-state index contributed by atoms with van der Waals surface area (Å²) in [4.78, 5) is 12.4. The molecule has 1 aromatic heterocycles. The lowest BCUT2D eigenvalue weighted by Gasteiger charge is -2.02. The Morgan fingerprint density at radius 3 is 2.62 bits per heavy atom. The summed E-state index contributed by atoms with van der Waals surface area (Å²) in [5.74, 6) is -2.07. The minimum absolute atomic E-state index is 0.0608. The Morgan fingerprint density at radius 1 is 1.08 bits per heavy atom. The highest BCUT2D eigenvalue weighted by molar-refractivity contribution is 8.00. The van der Waals surface area contributed by atoms with Crippen LogP contribution in [-0.2, 0) is 4.79 Å². The normalized spacial score (nSPS) is 10.6. The Morgan fingerprint density at radius 2 is 1.88 bits per heavy atom. The van der Waals surface area contributed by atoms with Crippen LogP contribution in [0.15, 0.2) is 53.4 Å². The van der Waals surface area contributed by atoms with E-state index in [1.807, 2.05) is 30.3 Å². The van der Waals surface area contributed by atoms with Gasteiger partial charge in [-0.15, -0.1) is 22.0 Å². The number of amides is 1. The molecule has 0 spiro atoms. The van der Waals surface area contributed by atoms with Crippen molar-refractivity contribution in [2.24, 2.45) is 0 Å². The van der Waals surface area contributed by atoms with Crippen molar-refractivity contribution >= 4 is 34.1 Å². The quantitative estimate of drug-likeness (QED) is 0.690. The molecule has 3 rings (SSSR count). The summed E-state index contributed by atoms with van der Waals surface area (Å²) in [6.07, 6.45) is 0. The predicted octanol–water partition coefficient (Wildman–Crippen LogP) is 4.21. The van der Waals surface area contributed by atoms with Crippen LogP contribution in [0.25, 0.3) is 10.6 Å². The summed E-state index contributed by atoms with van der Waals surface area (Å²) >= 11 is 2.38. The molecule has 2 aromatic carbocycles. The molecule has 0 atom stereocenters. The zero-order chi connectivity index (χ0) is 16.9. The van der Waals surface area contributed by atoms with E-state index < -0.39 is 11.6 Å². The van der Waals surface area contributed by atoms with E-state index in [0.717, 1.165) is 29.5 Å². The van der Waals surface area contributed by atoms with Gasteiger partial charge in [-0.3, -0.25) is 10.1 Å². The van der Waals surface area contributed by atoms with Crippen LogP contribution in [0.3, 0.4) is 0 Å². The molecular weight excluding hydrogens is 352 g/mol. The van der Waals surface area contributed by atoms with Crippen molar-refractivity contribution in [2.75, 3.05) is 11.1 Å². The number of carbonyl (C=O) groups excluding carboxylic acids is 1. The number of carbonyl (C=O) groups is 1. The minimum atomic E-state index is -0.933. The molecule has 0 unspecified atom stereocenters. The van der Waals surface area contributed by atoms with Crippen molar-refractivity contribution < 1.29 is 13.6 Å². The lowest BCUT2D eigenvalue weighted by molar-refractivity contribution is -0.113. The van der Waals surface area contributed by atoms with Crippen molar-refractivity contribution in [2.45, 2.75) is 4.90 Å². The topological polar surface area (TPSA) is 54.9 Å². The van der Waals surface area contributed by atoms with Gasteiger partial charge in [-0.1, -0.05) is 41.7 Å². The van der Waals surface area contributed by atoms with Crippen LogP contribution >= 0.6 is 23.1 Å². The number of hydrogen-bond acceptors (Lipinski definition) is 5. The molecule has 122 valence electrons. The second-order valence-electron chi connectivity index (χ2n) is 4.69. The average Bonchev–Trinajstić information content (AvgIpc) is 3.05. The molecule has 0 fully saturated rings. The summed E-state index contributed by atoms with van der Waals surface area (Å²) in [5.41, 5.74) is 0.923. The van der Waals surface area contributed by atoms with Gasteiger partial charge in [0.1, 0.15) is 5.01 Å². The van der Waals surface area contributed by atoms with Gasteiger partial charge in [-0.2, -0.15) is 0 Å². The lowest BCUT2D eigenvalue weighted by Crippen LogP contribution is -2.13. The van der Waals surface area contributed by atoms with Gasteiger partial charge in [0, 0.05) is 10.5 Å². The largest absolute Gasteiger partial charge is 0.300 e. The maximum absolute atomic E-state index is 13.1. The smallest absolute Gasteiger partial charge is 0.236 e. The van der Waals surface area contributed by atoms with E-state index in [4.69, 9.17) is 0 Å². The fraction of sp³-hybridized carbons (Fsp3) is 0.0625. The maximum Gasteiger partial charge on any atom is 0.236 e. The zero-order valence-electron chi connectivity index (χ0n) is 12.2. The number of aromatic nitrogens is 2. The third-order valence-corrected chi connectivity index (χ3v) is 4.83. The second-order valence-corrected chi connectivity index (χ2v) is 6.72. The molecule has 0 aliphatic heterocycles. The SMILES string of the molecule is O=C(CSc1ccc(F)c(F)c1)Nc1nnc(-c2ccccc2)s1. The van der Waals surface area contributed by atoms with Crippen molar-refractivity contribution in [3.05, 3.63) is 60.2 Å². The Bertz CT molecular complexity index is 856. The van der Waals surface area contributed by atoms with E-state index in [9.17, 15) is 13.6 Å². The number of nitrogens with one attached hydrogen (secondary N) is 1. The van der Waals surface area contributed by atoms with Crippen molar-refractivity contribution in [3.63, 3.8) is 0 Å². The fourth-order valence-electron chi connectivity index (χ4n) is 1.84. The third kappa shape index (κ3) is 4.15. The van der Waals surface area contributed by atoms with E-state index in [1.54, 1.807) is 0 Å². The van der Waals surface area contributed by atoms with E-state index in [0.29, 0.717) is 15.0 Å². The Kier molecular flexibility index (Phi) is 5.17. The second kappa shape index (κ2) is 7.50. The molecule has 1 amide bonds. The first-order chi connectivity index (χ1) is 11.6. The molecule has 0 aliphatic rings. The number of halogens is 2. The first-order valence-corrected chi connectivity index (χ1v) is 8.68. The van der Waals surface area contributed by atoms with Crippen LogP contribution in [0.4, 0.5) is 13.9 Å². The van der Waals surface area contributed by atoms with E-state index in [1.165, 1.54) is 17.4 Å². The predicted molar refractivity (Wildman–Crippen MR) is 91.1 cm³/mol. The molecule has 4 nitrogen and oxygen atoms in total. The highest BCUT2D eigenvalue weighted by Crippen LogP contribution is 2.26.